The Bertz CT molecular complexity index is 624. The van der Waals surface area contributed by atoms with Crippen LogP contribution in [0.5, 0.6) is 5.75 Å². The quantitative estimate of drug-likeness (QED) is 0.875. The maximum absolute atomic E-state index is 13.4. The highest BCUT2D eigenvalue weighted by Gasteiger charge is 2.47. The van der Waals surface area contributed by atoms with Gasteiger partial charge in [0.1, 0.15) is 0 Å². The number of amides is 1. The van der Waals surface area contributed by atoms with Crippen LogP contribution in [0.25, 0.3) is 0 Å². The van der Waals surface area contributed by atoms with E-state index in [9.17, 15) is 19.4 Å². The van der Waals surface area contributed by atoms with E-state index in [1.807, 2.05) is 4.90 Å². The first-order valence-corrected chi connectivity index (χ1v) is 8.51. The van der Waals surface area contributed by atoms with Crippen LogP contribution in [0.4, 0.5) is 4.39 Å². The Morgan fingerprint density at radius 2 is 2.17 bits per heavy atom. The molecule has 3 rings (SSSR count). The van der Waals surface area contributed by atoms with Gasteiger partial charge in [0, 0.05) is 24.5 Å². The van der Waals surface area contributed by atoms with Gasteiger partial charge >= 0.3 is 0 Å². The van der Waals surface area contributed by atoms with Crippen LogP contribution in [0.2, 0.25) is 0 Å². The molecule has 5 nitrogen and oxygen atoms in total. The second kappa shape index (κ2) is 6.69. The van der Waals surface area contributed by atoms with Crippen LogP contribution in [0.3, 0.4) is 0 Å². The predicted molar refractivity (Wildman–Crippen MR) is 88.1 cm³/mol. The van der Waals surface area contributed by atoms with Gasteiger partial charge in [-0.1, -0.05) is 6.07 Å². The minimum atomic E-state index is -0.703. The molecule has 2 aliphatic heterocycles. The number of aromatic hydroxyl groups is 1. The first-order chi connectivity index (χ1) is 11.4. The molecule has 2 saturated heterocycles. The largest absolute Gasteiger partial charge is 0.505 e. The number of nitrogens with zero attached hydrogens (tertiary/aromatic N) is 2. The predicted octanol–water partition coefficient (Wildman–Crippen LogP) is 1.38. The number of phenolic OH excluding ortho intramolecular Hbond substituents is 1. The number of rotatable bonds is 3. The zero-order valence-corrected chi connectivity index (χ0v) is 14.0. The maximum Gasteiger partial charge on any atom is 0.227 e. The van der Waals surface area contributed by atoms with Crippen molar-refractivity contribution in [2.24, 2.45) is 5.41 Å². The van der Waals surface area contributed by atoms with Gasteiger partial charge < -0.3 is 20.0 Å². The number of piperidine rings is 2. The van der Waals surface area contributed by atoms with E-state index in [4.69, 9.17) is 0 Å². The number of carbonyl (C=O) groups is 1. The van der Waals surface area contributed by atoms with Crippen LogP contribution in [0.15, 0.2) is 18.2 Å². The van der Waals surface area contributed by atoms with Crippen LogP contribution in [0.1, 0.15) is 24.8 Å². The summed E-state index contributed by atoms with van der Waals surface area (Å²) in [5.74, 6) is -1.14. The zero-order valence-electron chi connectivity index (χ0n) is 14.0. The third kappa shape index (κ3) is 3.13. The van der Waals surface area contributed by atoms with Crippen molar-refractivity contribution in [3.05, 3.63) is 29.6 Å². The summed E-state index contributed by atoms with van der Waals surface area (Å²) in [6.07, 6.45) is 3.01. The van der Waals surface area contributed by atoms with E-state index in [2.05, 4.69) is 11.9 Å². The van der Waals surface area contributed by atoms with E-state index in [-0.39, 0.29) is 30.4 Å². The molecule has 2 aliphatic rings. The summed E-state index contributed by atoms with van der Waals surface area (Å²) in [6.45, 7) is 2.38. The smallest absolute Gasteiger partial charge is 0.227 e. The van der Waals surface area contributed by atoms with E-state index in [1.54, 1.807) is 6.07 Å². The number of likely N-dealkylation sites (tertiary alicyclic amines) is 2. The Morgan fingerprint density at radius 3 is 2.88 bits per heavy atom. The monoisotopic (exact) mass is 336 g/mol. The lowest BCUT2D eigenvalue weighted by atomic mass is 9.69. The fraction of sp³-hybridized carbons (Fsp3) is 0.611. The number of hydrogen-bond acceptors (Lipinski definition) is 4. The molecule has 0 bridgehead atoms. The molecular formula is C18H25FN2O3. The number of hydrogen-bond donors (Lipinski definition) is 2. The van der Waals surface area contributed by atoms with Gasteiger partial charge in [0.25, 0.3) is 0 Å². The van der Waals surface area contributed by atoms with Crippen molar-refractivity contribution in [1.29, 1.82) is 0 Å². The Labute approximate surface area is 141 Å². The first-order valence-electron chi connectivity index (χ1n) is 8.51. The highest BCUT2D eigenvalue weighted by atomic mass is 19.1. The highest BCUT2D eigenvalue weighted by molar-refractivity contribution is 5.79. The molecule has 0 saturated carbocycles. The lowest BCUT2D eigenvalue weighted by molar-refractivity contribution is -0.139. The summed E-state index contributed by atoms with van der Waals surface area (Å²) >= 11 is 0. The molecule has 0 radical (unpaired) electrons. The lowest BCUT2D eigenvalue weighted by Crippen LogP contribution is -2.62. The maximum atomic E-state index is 13.4. The SMILES string of the molecule is CN1CCC[C@]2(CO)CCN(C(=O)Cc3ccc(O)c(F)c3)C[C@@H]12. The molecule has 2 N–H and O–H groups in total. The number of phenols is 1. The Balaban J connectivity index is 1.69. The van der Waals surface area contributed by atoms with Gasteiger partial charge in [0.15, 0.2) is 11.6 Å². The molecule has 0 aliphatic carbocycles. The molecule has 0 aromatic heterocycles. The number of aliphatic hydroxyl groups excluding tert-OH is 1. The van der Waals surface area contributed by atoms with Crippen molar-refractivity contribution >= 4 is 5.91 Å². The van der Waals surface area contributed by atoms with Gasteiger partial charge in [-0.25, -0.2) is 4.39 Å². The van der Waals surface area contributed by atoms with Crippen molar-refractivity contribution in [3.8, 4) is 5.75 Å². The van der Waals surface area contributed by atoms with Crippen molar-refractivity contribution < 1.29 is 19.4 Å². The highest BCUT2D eigenvalue weighted by Crippen LogP contribution is 2.41. The molecule has 1 aromatic carbocycles. The molecule has 1 amide bonds. The number of likely N-dealkylation sites (N-methyl/N-ethyl adjacent to an activating group) is 1. The van der Waals surface area contributed by atoms with Gasteiger partial charge in [-0.05, 0) is 50.6 Å². The molecule has 2 heterocycles. The topological polar surface area (TPSA) is 64.0 Å². The number of carbonyl (C=O) groups excluding carboxylic acids is 1. The lowest BCUT2D eigenvalue weighted by Gasteiger charge is -2.53. The fourth-order valence-corrected chi connectivity index (χ4v) is 4.19. The molecule has 6 heteroatoms. The second-order valence-corrected chi connectivity index (χ2v) is 7.17. The van der Waals surface area contributed by atoms with Crippen LogP contribution in [0, 0.1) is 11.2 Å². The normalized spacial score (nSPS) is 27.8. The van der Waals surface area contributed by atoms with Gasteiger partial charge in [-0.15, -0.1) is 0 Å². The molecule has 0 spiro atoms. The summed E-state index contributed by atoms with van der Waals surface area (Å²) in [4.78, 5) is 16.7. The number of fused-ring (bicyclic) bond motifs is 1. The molecule has 132 valence electrons. The van der Waals surface area contributed by atoms with Gasteiger partial charge in [-0.3, -0.25) is 4.79 Å². The van der Waals surface area contributed by atoms with Crippen LogP contribution < -0.4 is 0 Å². The van der Waals surface area contributed by atoms with Crippen molar-refractivity contribution in [3.63, 3.8) is 0 Å². The van der Waals surface area contributed by atoms with E-state index in [0.717, 1.165) is 25.8 Å². The molecule has 1 aromatic rings. The first kappa shape index (κ1) is 17.2. The average Bonchev–Trinajstić information content (AvgIpc) is 2.58. The zero-order chi connectivity index (χ0) is 17.3. The molecule has 2 fully saturated rings. The summed E-state index contributed by atoms with van der Waals surface area (Å²) in [5, 5.41) is 19.2. The minimum absolute atomic E-state index is 0.0365. The van der Waals surface area contributed by atoms with Crippen molar-refractivity contribution in [2.75, 3.05) is 33.3 Å². The van der Waals surface area contributed by atoms with Crippen molar-refractivity contribution in [1.82, 2.24) is 9.80 Å². The Kier molecular flexibility index (Phi) is 4.78. The molecular weight excluding hydrogens is 311 g/mol. The van der Waals surface area contributed by atoms with Crippen LogP contribution in [-0.2, 0) is 11.2 Å². The number of aliphatic hydroxyl groups is 1. The van der Waals surface area contributed by atoms with Crippen LogP contribution >= 0.6 is 0 Å². The van der Waals surface area contributed by atoms with Gasteiger partial charge in [0.05, 0.1) is 13.0 Å². The Morgan fingerprint density at radius 1 is 1.38 bits per heavy atom. The summed E-state index contributed by atoms with van der Waals surface area (Å²) < 4.78 is 13.4. The summed E-state index contributed by atoms with van der Waals surface area (Å²) in [5.41, 5.74) is 0.459. The second-order valence-electron chi connectivity index (χ2n) is 7.17. The Hall–Kier alpha value is -1.66. The number of benzene rings is 1. The standard InChI is InChI=1S/C18H25FN2O3/c1-20-7-2-5-18(12-22)6-8-21(11-16(18)20)17(24)10-13-3-4-15(23)14(19)9-13/h3-4,9,16,22-23H,2,5-8,10-12H2,1H3/t16-,18-/m1/s1. The fourth-order valence-electron chi connectivity index (χ4n) is 4.19. The van der Waals surface area contributed by atoms with Gasteiger partial charge in [-0.2, -0.15) is 0 Å². The minimum Gasteiger partial charge on any atom is -0.505 e. The van der Waals surface area contributed by atoms with Gasteiger partial charge in [0.2, 0.25) is 5.91 Å². The third-order valence-corrected chi connectivity index (χ3v) is 5.73. The third-order valence-electron chi connectivity index (χ3n) is 5.73. The molecule has 24 heavy (non-hydrogen) atoms. The molecule has 2 atom stereocenters. The van der Waals surface area contributed by atoms with E-state index >= 15 is 0 Å². The van der Waals surface area contributed by atoms with E-state index in [0.29, 0.717) is 18.7 Å². The molecule has 0 unspecified atom stereocenters. The average molecular weight is 336 g/mol. The van der Waals surface area contributed by atoms with E-state index < -0.39 is 11.6 Å². The van der Waals surface area contributed by atoms with E-state index in [1.165, 1.54) is 12.1 Å². The number of halogens is 1. The van der Waals surface area contributed by atoms with Crippen molar-refractivity contribution in [2.45, 2.75) is 31.7 Å². The van der Waals surface area contributed by atoms with Crippen LogP contribution in [-0.4, -0.2) is 65.3 Å². The summed E-state index contributed by atoms with van der Waals surface area (Å²) in [6, 6.07) is 4.23. The summed E-state index contributed by atoms with van der Waals surface area (Å²) in [7, 11) is 2.05.